The fourth-order valence-corrected chi connectivity index (χ4v) is 3.71. The number of rotatable bonds is 11. The number of carboxylic acid groups (broad SMARTS) is 1. The van der Waals surface area contributed by atoms with Gasteiger partial charge in [-0.25, -0.2) is 4.79 Å². The second-order valence-electron chi connectivity index (χ2n) is 6.31. The molecule has 0 saturated carbocycles. The van der Waals surface area contributed by atoms with E-state index in [-0.39, 0.29) is 30.1 Å². The summed E-state index contributed by atoms with van der Waals surface area (Å²) < 4.78 is 33.6. The van der Waals surface area contributed by atoms with Crippen molar-refractivity contribution in [2.24, 2.45) is 0 Å². The highest BCUT2D eigenvalue weighted by atomic mass is 32.2. The summed E-state index contributed by atoms with van der Waals surface area (Å²) >= 11 is 1.10. The van der Waals surface area contributed by atoms with Gasteiger partial charge in [0, 0.05) is 24.5 Å². The zero-order valence-electron chi connectivity index (χ0n) is 15.2. The minimum atomic E-state index is -3.43. The van der Waals surface area contributed by atoms with Crippen molar-refractivity contribution in [2.75, 3.05) is 25.5 Å². The van der Waals surface area contributed by atoms with Gasteiger partial charge in [-0.1, -0.05) is 54.2 Å². The molecule has 0 radical (unpaired) electrons. The standard InChI is InChI=1S/C19H23F2NO5S/c20-19(21,14-6-2-1-3-7-14)16(23)9-8-15-13-28-18(26)22(15)10-4-5-11-27-12-17(24)25/h1-3,6-9,15-16,23H,4-5,10-13H2,(H,24,25)/b9-8+. The van der Waals surface area contributed by atoms with Crippen LogP contribution in [-0.2, 0) is 15.5 Å². The van der Waals surface area contributed by atoms with Gasteiger partial charge in [0.1, 0.15) is 12.7 Å². The Morgan fingerprint density at radius 2 is 2.07 bits per heavy atom. The molecule has 0 spiro atoms. The van der Waals surface area contributed by atoms with Crippen molar-refractivity contribution < 1.29 is 33.3 Å². The van der Waals surface area contributed by atoms with Gasteiger partial charge >= 0.3 is 11.9 Å². The number of hydrogen-bond acceptors (Lipinski definition) is 5. The minimum absolute atomic E-state index is 0.148. The summed E-state index contributed by atoms with van der Waals surface area (Å²) in [7, 11) is 0. The molecule has 2 rings (SSSR count). The first-order valence-corrected chi connectivity index (χ1v) is 9.83. The molecule has 28 heavy (non-hydrogen) atoms. The van der Waals surface area contributed by atoms with Crippen molar-refractivity contribution >= 4 is 23.0 Å². The predicted molar refractivity (Wildman–Crippen MR) is 102 cm³/mol. The number of thioether (sulfide) groups is 1. The number of carbonyl (C=O) groups is 2. The molecule has 1 aliphatic rings. The lowest BCUT2D eigenvalue weighted by Crippen LogP contribution is -2.34. The number of aliphatic carboxylic acids is 1. The van der Waals surface area contributed by atoms with Crippen LogP contribution in [0.1, 0.15) is 18.4 Å². The lowest BCUT2D eigenvalue weighted by atomic mass is 10.0. The minimum Gasteiger partial charge on any atom is -0.480 e. The molecule has 1 fully saturated rings. The average molecular weight is 415 g/mol. The Morgan fingerprint density at radius 3 is 2.75 bits per heavy atom. The molecule has 1 heterocycles. The van der Waals surface area contributed by atoms with E-state index < -0.39 is 18.0 Å². The first-order chi connectivity index (χ1) is 13.3. The summed E-state index contributed by atoms with van der Waals surface area (Å²) in [5.41, 5.74) is -0.276. The van der Waals surface area contributed by atoms with Crippen LogP contribution in [0.25, 0.3) is 0 Å². The Bertz CT molecular complexity index is 686. The molecular formula is C19H23F2NO5S. The maximum Gasteiger partial charge on any atom is 0.329 e. The highest BCUT2D eigenvalue weighted by Gasteiger charge is 2.39. The first kappa shape index (κ1) is 22.3. The molecular weight excluding hydrogens is 392 g/mol. The van der Waals surface area contributed by atoms with Crippen LogP contribution in [0.15, 0.2) is 42.5 Å². The van der Waals surface area contributed by atoms with Gasteiger partial charge in [0.2, 0.25) is 0 Å². The summed E-state index contributed by atoms with van der Waals surface area (Å²) in [5, 5.41) is 18.3. The highest BCUT2D eigenvalue weighted by Crippen LogP contribution is 2.33. The molecule has 154 valence electrons. The van der Waals surface area contributed by atoms with Crippen LogP contribution >= 0.6 is 11.8 Å². The molecule has 0 aromatic heterocycles. The van der Waals surface area contributed by atoms with Gasteiger partial charge in [0.25, 0.3) is 5.24 Å². The number of carboxylic acids is 1. The Morgan fingerprint density at radius 1 is 1.36 bits per heavy atom. The van der Waals surface area contributed by atoms with Crippen LogP contribution < -0.4 is 0 Å². The highest BCUT2D eigenvalue weighted by molar-refractivity contribution is 8.13. The number of alkyl halides is 2. The number of halogens is 2. The van der Waals surface area contributed by atoms with Crippen molar-refractivity contribution in [2.45, 2.75) is 30.9 Å². The third-order valence-corrected chi connectivity index (χ3v) is 5.21. The molecule has 0 aliphatic carbocycles. The molecule has 1 aliphatic heterocycles. The van der Waals surface area contributed by atoms with E-state index >= 15 is 0 Å². The van der Waals surface area contributed by atoms with Gasteiger partial charge < -0.3 is 19.8 Å². The van der Waals surface area contributed by atoms with Crippen LogP contribution in [0, 0.1) is 0 Å². The average Bonchev–Trinajstić information content (AvgIpc) is 3.02. The molecule has 1 aromatic rings. The van der Waals surface area contributed by atoms with Crippen molar-refractivity contribution in [3.63, 3.8) is 0 Å². The van der Waals surface area contributed by atoms with E-state index in [0.717, 1.165) is 17.8 Å². The largest absolute Gasteiger partial charge is 0.480 e. The lowest BCUT2D eigenvalue weighted by molar-refractivity contribution is -0.142. The Kier molecular flexibility index (Phi) is 8.40. The number of nitrogens with zero attached hydrogens (tertiary/aromatic N) is 1. The Balaban J connectivity index is 1.87. The lowest BCUT2D eigenvalue weighted by Gasteiger charge is -2.23. The molecule has 1 saturated heterocycles. The Hall–Kier alpha value is -1.97. The van der Waals surface area contributed by atoms with E-state index in [0.29, 0.717) is 25.1 Å². The smallest absolute Gasteiger partial charge is 0.329 e. The van der Waals surface area contributed by atoms with E-state index in [2.05, 4.69) is 0 Å². The fraction of sp³-hybridized carbons (Fsp3) is 0.474. The molecule has 2 atom stereocenters. The maximum absolute atomic E-state index is 14.3. The fourth-order valence-electron chi connectivity index (χ4n) is 2.71. The molecule has 2 N–H and O–H groups in total. The number of carbonyl (C=O) groups excluding carboxylic acids is 1. The zero-order chi connectivity index (χ0) is 20.6. The number of amides is 1. The Labute approximate surface area is 166 Å². The topological polar surface area (TPSA) is 87.1 Å². The number of ether oxygens (including phenoxy) is 1. The third kappa shape index (κ3) is 6.29. The van der Waals surface area contributed by atoms with E-state index in [4.69, 9.17) is 9.84 Å². The first-order valence-electron chi connectivity index (χ1n) is 8.85. The van der Waals surface area contributed by atoms with Crippen LogP contribution in [0.2, 0.25) is 0 Å². The van der Waals surface area contributed by atoms with E-state index in [1.54, 1.807) is 11.0 Å². The van der Waals surface area contributed by atoms with Gasteiger partial charge in [-0.3, -0.25) is 4.79 Å². The molecule has 2 unspecified atom stereocenters. The molecule has 1 amide bonds. The monoisotopic (exact) mass is 415 g/mol. The summed E-state index contributed by atoms with van der Waals surface area (Å²) in [5.74, 6) is -4.05. The second-order valence-corrected chi connectivity index (χ2v) is 7.28. The van der Waals surface area contributed by atoms with Gasteiger partial charge in [0.05, 0.1) is 6.04 Å². The summed E-state index contributed by atoms with van der Waals surface area (Å²) in [6, 6.07) is 6.71. The van der Waals surface area contributed by atoms with Crippen LogP contribution in [-0.4, -0.2) is 64.0 Å². The van der Waals surface area contributed by atoms with Gasteiger partial charge in [-0.15, -0.1) is 0 Å². The maximum atomic E-state index is 14.3. The van der Waals surface area contributed by atoms with Crippen molar-refractivity contribution in [3.8, 4) is 0 Å². The van der Waals surface area contributed by atoms with Gasteiger partial charge in [-0.2, -0.15) is 8.78 Å². The van der Waals surface area contributed by atoms with Crippen LogP contribution in [0.5, 0.6) is 0 Å². The van der Waals surface area contributed by atoms with Crippen LogP contribution in [0.4, 0.5) is 13.6 Å². The summed E-state index contributed by atoms with van der Waals surface area (Å²) in [4.78, 5) is 23.9. The van der Waals surface area contributed by atoms with Crippen LogP contribution in [0.3, 0.4) is 0 Å². The molecule has 0 bridgehead atoms. The normalized spacial score (nSPS) is 18.8. The molecule has 1 aromatic carbocycles. The number of hydrogen-bond donors (Lipinski definition) is 2. The SMILES string of the molecule is O=C(O)COCCCCN1C(=O)SCC1/C=C/C(O)C(F)(F)c1ccccc1. The van der Waals surface area contributed by atoms with Crippen molar-refractivity contribution in [1.82, 2.24) is 4.90 Å². The van der Waals surface area contributed by atoms with Crippen molar-refractivity contribution in [1.29, 1.82) is 0 Å². The van der Waals surface area contributed by atoms with Crippen molar-refractivity contribution in [3.05, 3.63) is 48.0 Å². The third-order valence-electron chi connectivity index (χ3n) is 4.22. The number of aliphatic hydroxyl groups is 1. The number of unbranched alkanes of at least 4 members (excludes halogenated alkanes) is 1. The molecule has 6 nitrogen and oxygen atoms in total. The quantitative estimate of drug-likeness (QED) is 0.427. The van der Waals surface area contributed by atoms with Gasteiger partial charge in [-0.05, 0) is 12.8 Å². The summed E-state index contributed by atoms with van der Waals surface area (Å²) in [6.07, 6.45) is 1.66. The van der Waals surface area contributed by atoms with E-state index in [1.165, 1.54) is 30.3 Å². The molecule has 9 heteroatoms. The number of aliphatic hydroxyl groups excluding tert-OH is 1. The zero-order valence-corrected chi connectivity index (χ0v) is 16.0. The van der Waals surface area contributed by atoms with Gasteiger partial charge in [0.15, 0.2) is 0 Å². The second kappa shape index (κ2) is 10.5. The number of benzene rings is 1. The summed E-state index contributed by atoms with van der Waals surface area (Å²) in [6.45, 7) is 0.309. The van der Waals surface area contributed by atoms with E-state index in [9.17, 15) is 23.5 Å². The van der Waals surface area contributed by atoms with E-state index in [1.807, 2.05) is 0 Å². The predicted octanol–water partition coefficient (Wildman–Crippen LogP) is 3.11.